The van der Waals surface area contributed by atoms with Gasteiger partial charge >= 0.3 is 0 Å². The average molecular weight is 384 g/mol. The van der Waals surface area contributed by atoms with Crippen LogP contribution in [0.2, 0.25) is 0 Å². The molecule has 3 rings (SSSR count). The van der Waals surface area contributed by atoms with E-state index < -0.39 is 5.91 Å². The first kappa shape index (κ1) is 20.0. The van der Waals surface area contributed by atoms with Gasteiger partial charge in [0.25, 0.3) is 11.5 Å². The molecular weight excluding hydrogens is 356 g/mol. The fourth-order valence-electron chi connectivity index (χ4n) is 3.35. The van der Waals surface area contributed by atoms with Crippen LogP contribution in [0, 0.1) is 6.92 Å². The summed E-state index contributed by atoms with van der Waals surface area (Å²) in [6.45, 7) is 10.8. The fourth-order valence-corrected chi connectivity index (χ4v) is 3.35. The average Bonchev–Trinajstić information content (AvgIpc) is 3.14. The van der Waals surface area contributed by atoms with Crippen molar-refractivity contribution in [3.63, 3.8) is 0 Å². The minimum absolute atomic E-state index is 0.141. The molecule has 0 fully saturated rings. The van der Waals surface area contributed by atoms with Crippen molar-refractivity contribution in [3.8, 4) is 0 Å². The number of anilines is 2. The van der Waals surface area contributed by atoms with E-state index in [1.54, 1.807) is 0 Å². The Morgan fingerprint density at radius 2 is 1.86 bits per heavy atom. The zero-order chi connectivity index (χ0) is 20.1. The van der Waals surface area contributed by atoms with Gasteiger partial charge in [-0.1, -0.05) is 31.5 Å². The lowest BCUT2D eigenvalue weighted by Gasteiger charge is -2.17. The summed E-state index contributed by atoms with van der Waals surface area (Å²) in [6.07, 6.45) is 0.828. The zero-order valence-electron chi connectivity index (χ0n) is 16.8. The third-order valence-electron chi connectivity index (χ3n) is 5.11. The van der Waals surface area contributed by atoms with E-state index in [0.29, 0.717) is 25.6 Å². The second-order valence-corrected chi connectivity index (χ2v) is 6.93. The highest BCUT2D eigenvalue weighted by Crippen LogP contribution is 2.26. The number of fused-ring (bicyclic) bond motifs is 1. The van der Waals surface area contributed by atoms with Gasteiger partial charge in [0, 0.05) is 25.3 Å². The first-order valence-electron chi connectivity index (χ1n) is 9.87. The van der Waals surface area contributed by atoms with Crippen LogP contribution in [0.3, 0.4) is 0 Å². The number of amides is 1. The minimum atomic E-state index is -0.457. The molecule has 0 saturated carbocycles. The largest absolute Gasteiger partial charge is 0.350 e. The van der Waals surface area contributed by atoms with Gasteiger partial charge in [0.15, 0.2) is 0 Å². The maximum absolute atomic E-state index is 12.7. The zero-order valence-corrected chi connectivity index (χ0v) is 16.8. The summed E-state index contributed by atoms with van der Waals surface area (Å²) < 4.78 is 1.53. The number of rotatable bonds is 8. The van der Waals surface area contributed by atoms with Gasteiger partial charge in [-0.15, -0.1) is 10.2 Å². The maximum Gasteiger partial charge on any atom is 0.286 e. The van der Waals surface area contributed by atoms with E-state index in [9.17, 15) is 9.59 Å². The van der Waals surface area contributed by atoms with Crippen LogP contribution in [0.1, 0.15) is 36.3 Å². The monoisotopic (exact) mass is 384 g/mol. The fraction of sp³-hybridized carbons (Fsp3) is 0.500. The van der Waals surface area contributed by atoms with Crippen LogP contribution in [-0.2, 0) is 6.54 Å². The molecule has 150 valence electrons. The van der Waals surface area contributed by atoms with Gasteiger partial charge in [0.2, 0.25) is 11.6 Å². The third kappa shape index (κ3) is 4.22. The van der Waals surface area contributed by atoms with E-state index in [-0.39, 0.29) is 11.3 Å². The summed E-state index contributed by atoms with van der Waals surface area (Å²) in [5, 5.41) is 10.9. The van der Waals surface area contributed by atoms with Crippen LogP contribution < -0.4 is 15.8 Å². The van der Waals surface area contributed by atoms with Gasteiger partial charge < -0.3 is 15.1 Å². The Kier molecular flexibility index (Phi) is 6.41. The summed E-state index contributed by atoms with van der Waals surface area (Å²) in [5.74, 6) is 0.0214. The number of aromatic nitrogens is 3. The Balaban J connectivity index is 1.68. The number of hydrogen-bond acceptors (Lipinski definition) is 6. The molecule has 28 heavy (non-hydrogen) atoms. The van der Waals surface area contributed by atoms with Crippen molar-refractivity contribution in [1.82, 2.24) is 25.0 Å². The van der Waals surface area contributed by atoms with Crippen LogP contribution in [0.15, 0.2) is 29.1 Å². The lowest BCUT2D eigenvalue weighted by molar-refractivity contribution is 0.0943. The van der Waals surface area contributed by atoms with Crippen molar-refractivity contribution in [1.29, 1.82) is 0 Å². The smallest absolute Gasteiger partial charge is 0.286 e. The van der Waals surface area contributed by atoms with Crippen molar-refractivity contribution in [3.05, 3.63) is 45.9 Å². The second-order valence-electron chi connectivity index (χ2n) is 6.93. The Morgan fingerprint density at radius 1 is 1.14 bits per heavy atom. The molecule has 0 unspecified atom stereocenters. The molecule has 1 N–H and O–H groups in total. The highest BCUT2D eigenvalue weighted by molar-refractivity contribution is 5.91. The van der Waals surface area contributed by atoms with Gasteiger partial charge in [-0.05, 0) is 45.1 Å². The van der Waals surface area contributed by atoms with Crippen molar-refractivity contribution in [2.24, 2.45) is 0 Å². The molecule has 0 saturated heterocycles. The molecule has 2 aromatic rings. The van der Waals surface area contributed by atoms with Crippen LogP contribution in [0.4, 0.5) is 11.6 Å². The molecule has 2 heterocycles. The molecule has 1 aromatic heterocycles. The highest BCUT2D eigenvalue weighted by atomic mass is 16.2. The molecular formula is C20H28N6O2. The van der Waals surface area contributed by atoms with Crippen LogP contribution in [-0.4, -0.2) is 58.3 Å². The first-order chi connectivity index (χ1) is 13.5. The lowest BCUT2D eigenvalue weighted by atomic mass is 10.2. The van der Waals surface area contributed by atoms with E-state index >= 15 is 0 Å². The quantitative estimate of drug-likeness (QED) is 0.696. The standard InChI is InChI=1S/C20H28N6O2/c1-4-24(5-2)12-6-11-21-18(27)17-19(28)26-14-13-25(20(26)23-22-17)16-9-7-15(3)8-10-16/h7-10H,4-6,11-14H2,1-3H3,(H,21,27). The predicted molar refractivity (Wildman–Crippen MR) is 109 cm³/mol. The molecule has 1 aliphatic rings. The molecule has 0 atom stereocenters. The number of nitrogens with one attached hydrogen (secondary N) is 1. The number of aryl methyl sites for hydroxylation is 1. The van der Waals surface area contributed by atoms with E-state index in [4.69, 9.17) is 0 Å². The van der Waals surface area contributed by atoms with Crippen molar-refractivity contribution >= 4 is 17.5 Å². The summed E-state index contributed by atoms with van der Waals surface area (Å²) >= 11 is 0. The van der Waals surface area contributed by atoms with Crippen molar-refractivity contribution in [2.45, 2.75) is 33.7 Å². The first-order valence-corrected chi connectivity index (χ1v) is 9.87. The van der Waals surface area contributed by atoms with Crippen molar-refractivity contribution in [2.75, 3.05) is 37.6 Å². The summed E-state index contributed by atoms with van der Waals surface area (Å²) in [5.41, 5.74) is 1.59. The Labute approximate surface area is 165 Å². The number of carbonyl (C=O) groups is 1. The normalized spacial score (nSPS) is 13.1. The topological polar surface area (TPSA) is 83.4 Å². The molecule has 1 amide bonds. The molecule has 0 radical (unpaired) electrons. The van der Waals surface area contributed by atoms with Gasteiger partial charge in [-0.3, -0.25) is 14.2 Å². The molecule has 0 aliphatic carbocycles. The Hall–Kier alpha value is -2.74. The second kappa shape index (κ2) is 8.97. The molecule has 0 spiro atoms. The SMILES string of the molecule is CCN(CC)CCCNC(=O)c1nnc2n(c1=O)CCN2c1ccc(C)cc1. The molecule has 8 heteroatoms. The van der Waals surface area contributed by atoms with Crippen LogP contribution in [0.25, 0.3) is 0 Å². The van der Waals surface area contributed by atoms with Crippen LogP contribution in [0.5, 0.6) is 0 Å². The highest BCUT2D eigenvalue weighted by Gasteiger charge is 2.27. The number of carbonyl (C=O) groups excluding carboxylic acids is 1. The van der Waals surface area contributed by atoms with E-state index in [2.05, 4.69) is 34.3 Å². The van der Waals surface area contributed by atoms with Gasteiger partial charge in [-0.2, -0.15) is 0 Å². The summed E-state index contributed by atoms with van der Waals surface area (Å²) in [4.78, 5) is 29.3. The van der Waals surface area contributed by atoms with Gasteiger partial charge in [-0.25, -0.2) is 0 Å². The number of hydrogen-bond donors (Lipinski definition) is 1. The van der Waals surface area contributed by atoms with Gasteiger partial charge in [0.05, 0.1) is 0 Å². The molecule has 1 aliphatic heterocycles. The Morgan fingerprint density at radius 3 is 2.54 bits per heavy atom. The summed E-state index contributed by atoms with van der Waals surface area (Å²) in [6, 6.07) is 8.02. The summed E-state index contributed by atoms with van der Waals surface area (Å²) in [7, 11) is 0. The number of nitrogens with zero attached hydrogens (tertiary/aromatic N) is 5. The van der Waals surface area contributed by atoms with Gasteiger partial charge in [0.1, 0.15) is 0 Å². The third-order valence-corrected chi connectivity index (χ3v) is 5.11. The van der Waals surface area contributed by atoms with Crippen molar-refractivity contribution < 1.29 is 4.79 Å². The van der Waals surface area contributed by atoms with E-state index in [1.807, 2.05) is 36.1 Å². The van der Waals surface area contributed by atoms with E-state index in [0.717, 1.165) is 31.7 Å². The molecule has 1 aromatic carbocycles. The van der Waals surface area contributed by atoms with E-state index in [1.165, 1.54) is 10.1 Å². The molecule has 0 bridgehead atoms. The number of benzene rings is 1. The molecule has 8 nitrogen and oxygen atoms in total. The van der Waals surface area contributed by atoms with Crippen LogP contribution >= 0.6 is 0 Å². The minimum Gasteiger partial charge on any atom is -0.350 e. The Bertz CT molecular complexity index is 873. The lowest BCUT2D eigenvalue weighted by Crippen LogP contribution is -2.36. The maximum atomic E-state index is 12.7. The predicted octanol–water partition coefficient (Wildman–Crippen LogP) is 1.56.